The van der Waals surface area contributed by atoms with Crippen molar-refractivity contribution in [2.45, 2.75) is 6.04 Å². The van der Waals surface area contributed by atoms with Gasteiger partial charge in [-0.3, -0.25) is 9.88 Å². The molecule has 3 aromatic rings. The number of piperazine rings is 1. The summed E-state index contributed by atoms with van der Waals surface area (Å²) < 4.78 is 0. The lowest BCUT2D eigenvalue weighted by Gasteiger charge is -2.34. The minimum absolute atomic E-state index is 0.208. The van der Waals surface area contributed by atoms with Gasteiger partial charge in [-0.1, -0.05) is 24.3 Å². The van der Waals surface area contributed by atoms with Crippen molar-refractivity contribution in [3.63, 3.8) is 0 Å². The summed E-state index contributed by atoms with van der Waals surface area (Å²) in [5, 5.41) is 4.72. The largest absolute Gasteiger partial charge is 0.361 e. The molecule has 0 radical (unpaired) electrons. The monoisotopic (exact) mass is 292 g/mol. The molecule has 1 aromatic carbocycles. The van der Waals surface area contributed by atoms with Gasteiger partial charge in [0, 0.05) is 55.0 Å². The molecule has 0 saturated carbocycles. The van der Waals surface area contributed by atoms with E-state index in [-0.39, 0.29) is 6.04 Å². The van der Waals surface area contributed by atoms with Gasteiger partial charge in [-0.2, -0.15) is 0 Å². The van der Waals surface area contributed by atoms with Crippen LogP contribution >= 0.6 is 0 Å². The zero-order valence-electron chi connectivity index (χ0n) is 12.5. The number of para-hydroxylation sites is 1. The number of fused-ring (bicyclic) bond motifs is 1. The Hall–Kier alpha value is -2.17. The Kier molecular flexibility index (Phi) is 3.62. The van der Waals surface area contributed by atoms with E-state index >= 15 is 0 Å². The Morgan fingerprint density at radius 1 is 1.00 bits per heavy atom. The standard InChI is InChI=1S/C18H20N4/c1-2-6-16-14(5-1)15(13-21-16)18(17-7-3-4-8-20-17)22-11-9-19-10-12-22/h1-8,13,18-19,21H,9-12H2. The molecule has 3 heterocycles. The average molecular weight is 292 g/mol. The summed E-state index contributed by atoms with van der Waals surface area (Å²) in [5.74, 6) is 0. The molecule has 1 fully saturated rings. The minimum atomic E-state index is 0.208. The van der Waals surface area contributed by atoms with E-state index in [1.165, 1.54) is 16.5 Å². The van der Waals surface area contributed by atoms with Crippen LogP contribution in [0.4, 0.5) is 0 Å². The van der Waals surface area contributed by atoms with Crippen LogP contribution in [0.5, 0.6) is 0 Å². The highest BCUT2D eigenvalue weighted by molar-refractivity contribution is 5.84. The van der Waals surface area contributed by atoms with Gasteiger partial charge < -0.3 is 10.3 Å². The van der Waals surface area contributed by atoms with Crippen LogP contribution in [0.3, 0.4) is 0 Å². The normalized spacial score (nSPS) is 17.6. The molecule has 4 heteroatoms. The third-order valence-electron chi connectivity index (χ3n) is 4.40. The maximum atomic E-state index is 4.64. The number of hydrogen-bond donors (Lipinski definition) is 2. The van der Waals surface area contributed by atoms with Crippen LogP contribution in [-0.2, 0) is 0 Å². The summed E-state index contributed by atoms with van der Waals surface area (Å²) in [6.45, 7) is 4.15. The van der Waals surface area contributed by atoms with Gasteiger partial charge in [0.1, 0.15) is 0 Å². The van der Waals surface area contributed by atoms with Gasteiger partial charge in [0.25, 0.3) is 0 Å². The number of hydrogen-bond acceptors (Lipinski definition) is 3. The maximum Gasteiger partial charge on any atom is 0.0798 e. The summed E-state index contributed by atoms with van der Waals surface area (Å²) in [6, 6.07) is 14.9. The molecule has 0 amide bonds. The van der Waals surface area contributed by atoms with E-state index in [4.69, 9.17) is 0 Å². The number of rotatable bonds is 3. The van der Waals surface area contributed by atoms with Crippen molar-refractivity contribution in [2.24, 2.45) is 0 Å². The topological polar surface area (TPSA) is 44.0 Å². The molecule has 22 heavy (non-hydrogen) atoms. The van der Waals surface area contributed by atoms with Crippen molar-refractivity contribution < 1.29 is 0 Å². The predicted octanol–water partition coefficient (Wildman–Crippen LogP) is 2.56. The number of nitrogens with one attached hydrogen (secondary N) is 2. The van der Waals surface area contributed by atoms with E-state index in [9.17, 15) is 0 Å². The molecule has 1 aliphatic rings. The summed E-state index contributed by atoms with van der Waals surface area (Å²) in [6.07, 6.45) is 4.03. The van der Waals surface area contributed by atoms with E-state index < -0.39 is 0 Å². The quantitative estimate of drug-likeness (QED) is 0.780. The van der Waals surface area contributed by atoms with Gasteiger partial charge >= 0.3 is 0 Å². The third-order valence-corrected chi connectivity index (χ3v) is 4.40. The molecule has 4 nitrogen and oxygen atoms in total. The van der Waals surface area contributed by atoms with Crippen molar-refractivity contribution in [2.75, 3.05) is 26.2 Å². The molecule has 112 valence electrons. The van der Waals surface area contributed by atoms with Crippen molar-refractivity contribution in [3.05, 3.63) is 66.1 Å². The van der Waals surface area contributed by atoms with Crippen LogP contribution in [0.2, 0.25) is 0 Å². The molecule has 0 bridgehead atoms. The Bertz CT molecular complexity index is 744. The third kappa shape index (κ3) is 2.40. The zero-order valence-corrected chi connectivity index (χ0v) is 12.5. The van der Waals surface area contributed by atoms with Crippen LogP contribution in [0.1, 0.15) is 17.3 Å². The molecule has 0 aliphatic carbocycles. The van der Waals surface area contributed by atoms with Gasteiger partial charge in [0.05, 0.1) is 11.7 Å². The van der Waals surface area contributed by atoms with Gasteiger partial charge in [-0.15, -0.1) is 0 Å². The van der Waals surface area contributed by atoms with Gasteiger partial charge in [-0.25, -0.2) is 0 Å². The second kappa shape index (κ2) is 5.91. The summed E-state index contributed by atoms with van der Waals surface area (Å²) in [4.78, 5) is 10.6. The van der Waals surface area contributed by atoms with Crippen LogP contribution < -0.4 is 5.32 Å². The lowest BCUT2D eigenvalue weighted by Crippen LogP contribution is -2.45. The first kappa shape index (κ1) is 13.5. The van der Waals surface area contributed by atoms with Crippen molar-refractivity contribution >= 4 is 10.9 Å². The Labute approximate surface area is 130 Å². The molecule has 4 rings (SSSR count). The molecule has 2 N–H and O–H groups in total. The Morgan fingerprint density at radius 3 is 2.64 bits per heavy atom. The number of benzene rings is 1. The maximum absolute atomic E-state index is 4.64. The first-order chi connectivity index (χ1) is 10.9. The van der Waals surface area contributed by atoms with E-state index in [0.717, 1.165) is 31.9 Å². The molecule has 0 spiro atoms. The van der Waals surface area contributed by atoms with E-state index in [0.29, 0.717) is 0 Å². The lowest BCUT2D eigenvalue weighted by atomic mass is 10.00. The molecule has 1 unspecified atom stereocenters. The highest BCUT2D eigenvalue weighted by atomic mass is 15.2. The van der Waals surface area contributed by atoms with Crippen molar-refractivity contribution in [3.8, 4) is 0 Å². The highest BCUT2D eigenvalue weighted by Crippen LogP contribution is 2.32. The van der Waals surface area contributed by atoms with Crippen LogP contribution in [0.15, 0.2) is 54.9 Å². The number of H-pyrrole nitrogens is 1. The first-order valence-corrected chi connectivity index (χ1v) is 7.85. The first-order valence-electron chi connectivity index (χ1n) is 7.85. The number of pyridine rings is 1. The Morgan fingerprint density at radius 2 is 1.82 bits per heavy atom. The average Bonchev–Trinajstić information content (AvgIpc) is 3.01. The summed E-state index contributed by atoms with van der Waals surface area (Å²) in [5.41, 5.74) is 3.62. The van der Waals surface area contributed by atoms with Crippen LogP contribution in [0, 0.1) is 0 Å². The van der Waals surface area contributed by atoms with Gasteiger partial charge in [0.2, 0.25) is 0 Å². The fourth-order valence-corrected chi connectivity index (χ4v) is 3.34. The number of aromatic amines is 1. The number of nitrogens with zero attached hydrogens (tertiary/aromatic N) is 2. The smallest absolute Gasteiger partial charge is 0.0798 e. The van der Waals surface area contributed by atoms with Gasteiger partial charge in [0.15, 0.2) is 0 Å². The van der Waals surface area contributed by atoms with E-state index in [1.54, 1.807) is 0 Å². The fraction of sp³-hybridized carbons (Fsp3) is 0.278. The fourth-order valence-electron chi connectivity index (χ4n) is 3.34. The van der Waals surface area contributed by atoms with Crippen molar-refractivity contribution in [1.82, 2.24) is 20.2 Å². The molecule has 1 aliphatic heterocycles. The van der Waals surface area contributed by atoms with Crippen LogP contribution in [0.25, 0.3) is 10.9 Å². The molecular weight excluding hydrogens is 272 g/mol. The minimum Gasteiger partial charge on any atom is -0.361 e. The molecular formula is C18H20N4. The summed E-state index contributed by atoms with van der Waals surface area (Å²) >= 11 is 0. The molecule has 2 aromatic heterocycles. The SMILES string of the molecule is c1ccc(C(c2c[nH]c3ccccc23)N2CCNCC2)nc1. The number of aromatic nitrogens is 2. The van der Waals surface area contributed by atoms with Gasteiger partial charge in [-0.05, 0) is 18.2 Å². The van der Waals surface area contributed by atoms with Crippen molar-refractivity contribution in [1.29, 1.82) is 0 Å². The predicted molar refractivity (Wildman–Crippen MR) is 88.8 cm³/mol. The molecule has 1 atom stereocenters. The van der Waals surface area contributed by atoms with E-state index in [1.807, 2.05) is 12.3 Å². The van der Waals surface area contributed by atoms with Crippen LogP contribution in [-0.4, -0.2) is 41.0 Å². The zero-order chi connectivity index (χ0) is 14.8. The Balaban J connectivity index is 1.83. The second-order valence-electron chi connectivity index (χ2n) is 5.73. The van der Waals surface area contributed by atoms with E-state index in [2.05, 4.69) is 62.8 Å². The molecule has 1 saturated heterocycles. The second-order valence-corrected chi connectivity index (χ2v) is 5.73. The summed E-state index contributed by atoms with van der Waals surface area (Å²) in [7, 11) is 0. The highest BCUT2D eigenvalue weighted by Gasteiger charge is 2.26. The lowest BCUT2D eigenvalue weighted by molar-refractivity contribution is 0.196.